The van der Waals surface area contributed by atoms with Gasteiger partial charge in [-0.25, -0.2) is 0 Å². The van der Waals surface area contributed by atoms with E-state index in [1.807, 2.05) is 24.3 Å². The summed E-state index contributed by atoms with van der Waals surface area (Å²) >= 11 is 0. The molecule has 4 atom stereocenters. The van der Waals surface area contributed by atoms with Gasteiger partial charge < -0.3 is 19.3 Å². The van der Waals surface area contributed by atoms with Crippen molar-refractivity contribution in [2.24, 2.45) is 11.8 Å². The van der Waals surface area contributed by atoms with Gasteiger partial charge in [0, 0.05) is 38.8 Å². The van der Waals surface area contributed by atoms with E-state index in [4.69, 9.17) is 9.47 Å². The van der Waals surface area contributed by atoms with E-state index in [-0.39, 0.29) is 24.8 Å². The van der Waals surface area contributed by atoms with E-state index >= 15 is 0 Å². The maximum Gasteiger partial charge on any atom is 0.133 e. The first-order chi connectivity index (χ1) is 18.2. The second-order valence-electron chi connectivity index (χ2n) is 11.4. The SMILES string of the molecule is COc1cccc(C2CC(=O)CCC2CN(C)C)c1.COc1cccc(C2CC(=O)CCC2CN(C)C)c1.Cl.Cl. The number of halogens is 2. The molecule has 0 aromatic heterocycles. The summed E-state index contributed by atoms with van der Waals surface area (Å²) in [5.74, 6) is 4.31. The molecule has 0 radical (unpaired) electrons. The summed E-state index contributed by atoms with van der Waals surface area (Å²) in [5, 5.41) is 0. The first-order valence-electron chi connectivity index (χ1n) is 13.8. The van der Waals surface area contributed by atoms with Crippen LogP contribution in [0.4, 0.5) is 0 Å². The number of carbonyl (C=O) groups is 2. The van der Waals surface area contributed by atoms with Gasteiger partial charge >= 0.3 is 0 Å². The van der Waals surface area contributed by atoms with Gasteiger partial charge in [0.2, 0.25) is 0 Å². The molecule has 0 spiro atoms. The van der Waals surface area contributed by atoms with Crippen LogP contribution < -0.4 is 9.47 Å². The topological polar surface area (TPSA) is 59.1 Å². The Bertz CT molecular complexity index is 979. The van der Waals surface area contributed by atoms with Crippen LogP contribution in [0.2, 0.25) is 0 Å². The number of ether oxygens (including phenoxy) is 2. The Labute approximate surface area is 253 Å². The first kappa shape index (κ1) is 35.9. The van der Waals surface area contributed by atoms with E-state index in [1.54, 1.807) is 14.2 Å². The molecule has 0 aliphatic heterocycles. The predicted octanol–water partition coefficient (Wildman–Crippen LogP) is 6.26. The van der Waals surface area contributed by atoms with Crippen LogP contribution in [0.1, 0.15) is 61.5 Å². The largest absolute Gasteiger partial charge is 0.497 e. The summed E-state index contributed by atoms with van der Waals surface area (Å²) in [7, 11) is 11.8. The molecule has 0 amide bonds. The minimum absolute atomic E-state index is 0. The standard InChI is InChI=1S/2C16H23NO2.2ClH/c2*1-17(2)11-13-7-8-14(18)10-16(13)12-5-4-6-15(9-12)19-3;;/h2*4-6,9,13,16H,7-8,10-11H2,1-3H3;2*1H. The molecule has 4 unspecified atom stereocenters. The van der Waals surface area contributed by atoms with Crippen molar-refractivity contribution in [3.05, 3.63) is 59.7 Å². The summed E-state index contributed by atoms with van der Waals surface area (Å²) in [6, 6.07) is 16.3. The molecule has 2 aromatic carbocycles. The fourth-order valence-corrected chi connectivity index (χ4v) is 6.02. The molecule has 2 aliphatic carbocycles. The van der Waals surface area contributed by atoms with Crippen LogP contribution in [0.25, 0.3) is 0 Å². The van der Waals surface area contributed by atoms with Gasteiger partial charge in [0.25, 0.3) is 0 Å². The van der Waals surface area contributed by atoms with Gasteiger partial charge in [-0.05, 0) is 100 Å². The zero-order chi connectivity index (χ0) is 27.7. The van der Waals surface area contributed by atoms with Crippen molar-refractivity contribution >= 4 is 36.4 Å². The lowest BCUT2D eigenvalue weighted by Gasteiger charge is -2.33. The number of benzene rings is 2. The molecular weight excluding hydrogens is 547 g/mol. The molecular formula is C32H48Cl2N2O4. The Morgan fingerprint density at radius 2 is 1.05 bits per heavy atom. The van der Waals surface area contributed by atoms with Crippen molar-refractivity contribution < 1.29 is 19.1 Å². The number of rotatable bonds is 8. The van der Waals surface area contributed by atoms with Crippen LogP contribution in [0.3, 0.4) is 0 Å². The number of Topliss-reactive ketones (excluding diaryl/α,β-unsaturated/α-hetero) is 2. The molecule has 8 heteroatoms. The highest BCUT2D eigenvalue weighted by molar-refractivity contribution is 5.85. The summed E-state index contributed by atoms with van der Waals surface area (Å²) in [5.41, 5.74) is 2.47. The van der Waals surface area contributed by atoms with Crippen LogP contribution in [0.5, 0.6) is 11.5 Å². The van der Waals surface area contributed by atoms with E-state index in [2.05, 4.69) is 62.3 Å². The Kier molecular flexibility index (Phi) is 15.8. The lowest BCUT2D eigenvalue weighted by Crippen LogP contribution is -2.31. The minimum Gasteiger partial charge on any atom is -0.497 e. The van der Waals surface area contributed by atoms with Crippen molar-refractivity contribution in [3.8, 4) is 11.5 Å². The third kappa shape index (κ3) is 10.7. The molecule has 6 nitrogen and oxygen atoms in total. The molecule has 4 rings (SSSR count). The summed E-state index contributed by atoms with van der Waals surface area (Å²) in [4.78, 5) is 28.0. The summed E-state index contributed by atoms with van der Waals surface area (Å²) in [6.07, 6.45) is 4.81. The van der Waals surface area contributed by atoms with Gasteiger partial charge in [0.15, 0.2) is 0 Å². The van der Waals surface area contributed by atoms with Gasteiger partial charge in [0.1, 0.15) is 23.1 Å². The van der Waals surface area contributed by atoms with E-state index < -0.39 is 0 Å². The fraction of sp³-hybridized carbons (Fsp3) is 0.562. The second-order valence-corrected chi connectivity index (χ2v) is 11.4. The van der Waals surface area contributed by atoms with Gasteiger partial charge in [-0.2, -0.15) is 0 Å². The van der Waals surface area contributed by atoms with Crippen LogP contribution in [-0.2, 0) is 9.59 Å². The predicted molar refractivity (Wildman–Crippen MR) is 168 cm³/mol. The molecule has 0 heterocycles. The monoisotopic (exact) mass is 594 g/mol. The van der Waals surface area contributed by atoms with Crippen LogP contribution in [0, 0.1) is 11.8 Å². The third-order valence-corrected chi connectivity index (χ3v) is 7.86. The van der Waals surface area contributed by atoms with E-state index in [0.717, 1.165) is 50.3 Å². The lowest BCUT2D eigenvalue weighted by atomic mass is 9.74. The fourth-order valence-electron chi connectivity index (χ4n) is 6.02. The van der Waals surface area contributed by atoms with E-state index in [0.29, 0.717) is 48.1 Å². The molecule has 0 saturated heterocycles. The maximum absolute atomic E-state index is 11.8. The highest BCUT2D eigenvalue weighted by atomic mass is 35.5. The molecule has 2 saturated carbocycles. The average Bonchev–Trinajstić information content (AvgIpc) is 2.90. The molecule has 0 N–H and O–H groups in total. The molecule has 224 valence electrons. The van der Waals surface area contributed by atoms with Crippen molar-refractivity contribution in [3.63, 3.8) is 0 Å². The zero-order valence-corrected chi connectivity index (χ0v) is 26.6. The van der Waals surface area contributed by atoms with Crippen molar-refractivity contribution in [1.82, 2.24) is 9.80 Å². The molecule has 0 bridgehead atoms. The third-order valence-electron chi connectivity index (χ3n) is 7.86. The smallest absolute Gasteiger partial charge is 0.133 e. The van der Waals surface area contributed by atoms with Gasteiger partial charge in [0.05, 0.1) is 14.2 Å². The van der Waals surface area contributed by atoms with Crippen LogP contribution >= 0.6 is 24.8 Å². The average molecular weight is 596 g/mol. The van der Waals surface area contributed by atoms with Gasteiger partial charge in [-0.3, -0.25) is 9.59 Å². The number of ketones is 2. The highest BCUT2D eigenvalue weighted by Crippen LogP contribution is 2.38. The lowest BCUT2D eigenvalue weighted by molar-refractivity contribution is -0.122. The number of hydrogen-bond donors (Lipinski definition) is 0. The molecule has 2 aromatic rings. The number of carbonyl (C=O) groups excluding carboxylic acids is 2. The Morgan fingerprint density at radius 1 is 0.675 bits per heavy atom. The number of nitrogens with zero attached hydrogens (tertiary/aromatic N) is 2. The second kappa shape index (κ2) is 17.6. The summed E-state index contributed by atoms with van der Waals surface area (Å²) in [6.45, 7) is 2.07. The van der Waals surface area contributed by atoms with Crippen LogP contribution in [-0.4, -0.2) is 76.9 Å². The Balaban J connectivity index is 0.000000381. The molecule has 40 heavy (non-hydrogen) atoms. The number of methoxy groups -OCH3 is 2. The quantitative estimate of drug-likeness (QED) is 0.359. The number of hydrogen-bond acceptors (Lipinski definition) is 6. The highest BCUT2D eigenvalue weighted by Gasteiger charge is 2.32. The van der Waals surface area contributed by atoms with Crippen molar-refractivity contribution in [2.45, 2.75) is 50.4 Å². The zero-order valence-electron chi connectivity index (χ0n) is 24.9. The van der Waals surface area contributed by atoms with Crippen molar-refractivity contribution in [2.75, 3.05) is 55.5 Å². The van der Waals surface area contributed by atoms with Crippen LogP contribution in [0.15, 0.2) is 48.5 Å². The van der Waals surface area contributed by atoms with E-state index in [9.17, 15) is 9.59 Å². The Hall–Kier alpha value is -2.12. The van der Waals surface area contributed by atoms with Gasteiger partial charge in [-0.15, -0.1) is 24.8 Å². The Morgan fingerprint density at radius 3 is 1.38 bits per heavy atom. The summed E-state index contributed by atoms with van der Waals surface area (Å²) < 4.78 is 10.6. The maximum atomic E-state index is 11.8. The molecule has 2 aliphatic rings. The minimum atomic E-state index is 0. The van der Waals surface area contributed by atoms with Gasteiger partial charge in [-0.1, -0.05) is 24.3 Å². The van der Waals surface area contributed by atoms with Crippen molar-refractivity contribution in [1.29, 1.82) is 0 Å². The molecule has 2 fully saturated rings. The van der Waals surface area contributed by atoms with E-state index in [1.165, 1.54) is 11.1 Å². The normalized spacial score (nSPS) is 22.5. The first-order valence-corrected chi connectivity index (χ1v) is 13.8.